The van der Waals surface area contributed by atoms with Gasteiger partial charge in [0, 0.05) is 20.1 Å². The second-order valence-electron chi connectivity index (χ2n) is 5.10. The van der Waals surface area contributed by atoms with E-state index in [0.29, 0.717) is 18.9 Å². The summed E-state index contributed by atoms with van der Waals surface area (Å²) in [5, 5.41) is 0. The standard InChI is InChI=1S/C13H26N2O2/c1-11-8-12(10-17-2)15(9-11)13(16)6-4-3-5-7-14/h11-12H,3-10,14H2,1-2H3/t11-,12?/m1/s1. The molecule has 100 valence electrons. The third-order valence-corrected chi connectivity index (χ3v) is 3.40. The second-order valence-corrected chi connectivity index (χ2v) is 5.10. The maximum absolute atomic E-state index is 12.1. The van der Waals surface area contributed by atoms with Gasteiger partial charge in [0.1, 0.15) is 0 Å². The third-order valence-electron chi connectivity index (χ3n) is 3.40. The van der Waals surface area contributed by atoms with Gasteiger partial charge in [-0.15, -0.1) is 0 Å². The second kappa shape index (κ2) is 7.67. The van der Waals surface area contributed by atoms with Crippen LogP contribution in [0.1, 0.15) is 39.0 Å². The number of methoxy groups -OCH3 is 1. The van der Waals surface area contributed by atoms with Gasteiger partial charge in [0.15, 0.2) is 0 Å². The van der Waals surface area contributed by atoms with Crippen LogP contribution in [0.15, 0.2) is 0 Å². The number of carbonyl (C=O) groups is 1. The van der Waals surface area contributed by atoms with Crippen LogP contribution < -0.4 is 5.73 Å². The number of nitrogens with zero attached hydrogens (tertiary/aromatic N) is 1. The van der Waals surface area contributed by atoms with Gasteiger partial charge in [-0.25, -0.2) is 0 Å². The molecule has 2 N–H and O–H groups in total. The molecule has 1 aliphatic heterocycles. The number of hydrogen-bond acceptors (Lipinski definition) is 3. The Hall–Kier alpha value is -0.610. The molecule has 0 radical (unpaired) electrons. The lowest BCUT2D eigenvalue weighted by Gasteiger charge is -2.24. The molecule has 1 rings (SSSR count). The van der Waals surface area contributed by atoms with Crippen molar-refractivity contribution in [1.29, 1.82) is 0 Å². The van der Waals surface area contributed by atoms with Gasteiger partial charge in [-0.05, 0) is 31.7 Å². The van der Waals surface area contributed by atoms with Crippen molar-refractivity contribution in [3.05, 3.63) is 0 Å². The van der Waals surface area contributed by atoms with Gasteiger partial charge in [0.05, 0.1) is 12.6 Å². The Balaban J connectivity index is 2.33. The summed E-state index contributed by atoms with van der Waals surface area (Å²) in [5.41, 5.74) is 5.44. The fourth-order valence-electron chi connectivity index (χ4n) is 2.55. The minimum Gasteiger partial charge on any atom is -0.383 e. The summed E-state index contributed by atoms with van der Waals surface area (Å²) in [6.45, 7) is 4.48. The first-order valence-corrected chi connectivity index (χ1v) is 6.67. The molecular weight excluding hydrogens is 216 g/mol. The van der Waals surface area contributed by atoms with Crippen LogP contribution in [0.25, 0.3) is 0 Å². The molecule has 0 aliphatic carbocycles. The Labute approximate surface area is 104 Å². The molecule has 4 nitrogen and oxygen atoms in total. The normalized spacial score (nSPS) is 24.3. The van der Waals surface area contributed by atoms with Gasteiger partial charge in [-0.2, -0.15) is 0 Å². The molecule has 1 saturated heterocycles. The molecule has 1 fully saturated rings. The Morgan fingerprint density at radius 2 is 2.18 bits per heavy atom. The molecule has 4 heteroatoms. The highest BCUT2D eigenvalue weighted by Crippen LogP contribution is 2.24. The summed E-state index contributed by atoms with van der Waals surface area (Å²) in [6.07, 6.45) is 4.77. The fourth-order valence-corrected chi connectivity index (χ4v) is 2.55. The first-order valence-electron chi connectivity index (χ1n) is 6.67. The minimum absolute atomic E-state index is 0.286. The molecule has 0 spiro atoms. The predicted octanol–water partition coefficient (Wildman–Crippen LogP) is 1.39. The summed E-state index contributed by atoms with van der Waals surface area (Å²) in [4.78, 5) is 14.1. The maximum Gasteiger partial charge on any atom is 0.222 e. The summed E-state index contributed by atoms with van der Waals surface area (Å²) >= 11 is 0. The van der Waals surface area contributed by atoms with E-state index in [1.54, 1.807) is 7.11 Å². The highest BCUT2D eigenvalue weighted by molar-refractivity contribution is 5.76. The van der Waals surface area contributed by atoms with Crippen molar-refractivity contribution in [1.82, 2.24) is 4.90 Å². The zero-order valence-electron chi connectivity index (χ0n) is 11.2. The van der Waals surface area contributed by atoms with Crippen molar-refractivity contribution in [2.24, 2.45) is 11.7 Å². The van der Waals surface area contributed by atoms with Crippen molar-refractivity contribution in [2.75, 3.05) is 26.8 Å². The molecule has 1 amide bonds. The van der Waals surface area contributed by atoms with E-state index in [1.165, 1.54) is 0 Å². The highest BCUT2D eigenvalue weighted by atomic mass is 16.5. The lowest BCUT2D eigenvalue weighted by atomic mass is 10.1. The third kappa shape index (κ3) is 4.64. The summed E-state index contributed by atoms with van der Waals surface area (Å²) < 4.78 is 5.19. The van der Waals surface area contributed by atoms with E-state index in [1.807, 2.05) is 4.90 Å². The van der Waals surface area contributed by atoms with Crippen molar-refractivity contribution in [3.63, 3.8) is 0 Å². The van der Waals surface area contributed by atoms with Crippen LogP contribution in [-0.4, -0.2) is 43.7 Å². The number of amides is 1. The van der Waals surface area contributed by atoms with Gasteiger partial charge in [0.2, 0.25) is 5.91 Å². The van der Waals surface area contributed by atoms with Crippen LogP contribution in [0, 0.1) is 5.92 Å². The predicted molar refractivity (Wildman–Crippen MR) is 68.7 cm³/mol. The lowest BCUT2D eigenvalue weighted by molar-refractivity contribution is -0.133. The van der Waals surface area contributed by atoms with Crippen LogP contribution >= 0.6 is 0 Å². The number of likely N-dealkylation sites (tertiary alicyclic amines) is 1. The van der Waals surface area contributed by atoms with E-state index >= 15 is 0 Å². The number of carbonyl (C=O) groups excluding carboxylic acids is 1. The van der Waals surface area contributed by atoms with E-state index in [-0.39, 0.29) is 11.9 Å². The highest BCUT2D eigenvalue weighted by Gasteiger charge is 2.32. The van der Waals surface area contributed by atoms with E-state index in [4.69, 9.17) is 10.5 Å². The zero-order valence-corrected chi connectivity index (χ0v) is 11.2. The number of unbranched alkanes of at least 4 members (excludes halogenated alkanes) is 2. The first-order chi connectivity index (χ1) is 8.19. The van der Waals surface area contributed by atoms with Gasteiger partial charge in [0.25, 0.3) is 0 Å². The Kier molecular flexibility index (Phi) is 6.52. The first kappa shape index (κ1) is 14.5. The monoisotopic (exact) mass is 242 g/mol. The van der Waals surface area contributed by atoms with Gasteiger partial charge < -0.3 is 15.4 Å². The summed E-state index contributed by atoms with van der Waals surface area (Å²) in [6, 6.07) is 0.289. The van der Waals surface area contributed by atoms with Crippen LogP contribution in [0.3, 0.4) is 0 Å². The fraction of sp³-hybridized carbons (Fsp3) is 0.923. The average Bonchev–Trinajstić information content (AvgIpc) is 2.66. The molecule has 0 aromatic rings. The number of nitrogens with two attached hydrogens (primary N) is 1. The molecule has 0 aromatic carbocycles. The van der Waals surface area contributed by atoms with Gasteiger partial charge >= 0.3 is 0 Å². The summed E-state index contributed by atoms with van der Waals surface area (Å²) in [5.74, 6) is 0.886. The summed E-state index contributed by atoms with van der Waals surface area (Å²) in [7, 11) is 1.70. The van der Waals surface area contributed by atoms with E-state index < -0.39 is 0 Å². The van der Waals surface area contributed by atoms with Crippen LogP contribution in [-0.2, 0) is 9.53 Å². The zero-order chi connectivity index (χ0) is 12.7. The topological polar surface area (TPSA) is 55.6 Å². The molecule has 1 aliphatic rings. The molecule has 1 unspecified atom stereocenters. The van der Waals surface area contributed by atoms with E-state index in [2.05, 4.69) is 6.92 Å². The number of rotatable bonds is 7. The number of ether oxygens (including phenoxy) is 1. The Morgan fingerprint density at radius 1 is 1.41 bits per heavy atom. The molecule has 0 saturated carbocycles. The molecule has 2 atom stereocenters. The average molecular weight is 242 g/mol. The minimum atomic E-state index is 0.286. The molecular formula is C13H26N2O2. The van der Waals surface area contributed by atoms with Gasteiger partial charge in [-0.3, -0.25) is 4.79 Å². The number of hydrogen-bond donors (Lipinski definition) is 1. The van der Waals surface area contributed by atoms with Crippen molar-refractivity contribution in [2.45, 2.75) is 45.1 Å². The SMILES string of the molecule is COCC1C[C@@H](C)CN1C(=O)CCCCCN. The van der Waals surface area contributed by atoms with Crippen LogP contribution in [0.5, 0.6) is 0 Å². The van der Waals surface area contributed by atoms with Gasteiger partial charge in [-0.1, -0.05) is 13.3 Å². The molecule has 0 aromatic heterocycles. The Bertz CT molecular complexity index is 233. The molecule has 0 bridgehead atoms. The van der Waals surface area contributed by atoms with E-state index in [9.17, 15) is 4.79 Å². The van der Waals surface area contributed by atoms with Crippen molar-refractivity contribution in [3.8, 4) is 0 Å². The molecule has 17 heavy (non-hydrogen) atoms. The molecule has 1 heterocycles. The van der Waals surface area contributed by atoms with Crippen LogP contribution in [0.4, 0.5) is 0 Å². The maximum atomic E-state index is 12.1. The van der Waals surface area contributed by atoms with E-state index in [0.717, 1.165) is 38.8 Å². The quantitative estimate of drug-likeness (QED) is 0.686. The lowest BCUT2D eigenvalue weighted by Crippen LogP contribution is -2.38. The van der Waals surface area contributed by atoms with Crippen molar-refractivity contribution < 1.29 is 9.53 Å². The van der Waals surface area contributed by atoms with Crippen molar-refractivity contribution >= 4 is 5.91 Å². The Morgan fingerprint density at radius 3 is 2.82 bits per heavy atom. The smallest absolute Gasteiger partial charge is 0.222 e. The largest absolute Gasteiger partial charge is 0.383 e. The van der Waals surface area contributed by atoms with Crippen LogP contribution in [0.2, 0.25) is 0 Å².